The highest BCUT2D eigenvalue weighted by Gasteiger charge is 2.18. The van der Waals surface area contributed by atoms with Crippen LogP contribution in [-0.2, 0) is 33.5 Å². The number of carbonyl (C=O) groups is 2. The number of phenolic OH excluding ortho intramolecular Hbond substituents is 1. The molecule has 25 heavy (non-hydrogen) atoms. The smallest absolute Gasteiger partial charge is 0.339 e. The molecule has 0 bridgehead atoms. The number of aromatic hydroxyl groups is 1. The van der Waals surface area contributed by atoms with Gasteiger partial charge in [-0.15, -0.1) is 0 Å². The number of aryl methyl sites for hydroxylation is 1. The normalized spacial score (nSPS) is 10.3. The number of aromatic nitrogens is 1. The third kappa shape index (κ3) is 5.04. The number of hydrogen-bond acceptors (Lipinski definition) is 6. The molecule has 0 radical (unpaired) electrons. The number of hydrogen-bond donors (Lipinski definition) is 1. The second kappa shape index (κ2) is 8.82. The summed E-state index contributed by atoms with van der Waals surface area (Å²) in [5.41, 5.74) is 2.66. The number of methoxy groups -OCH3 is 1. The van der Waals surface area contributed by atoms with E-state index in [0.717, 1.165) is 11.1 Å². The molecule has 0 atom stereocenters. The SMILES string of the molecule is CCc1cncc(C(=O)OC)c1CC(=O)OCCc1ccc(O)cc1. The molecular formula is C19H21NO5. The van der Waals surface area contributed by atoms with Crippen molar-refractivity contribution in [3.63, 3.8) is 0 Å². The Hall–Kier alpha value is -2.89. The molecule has 6 heteroatoms. The Labute approximate surface area is 146 Å². The standard InChI is InChI=1S/C19H21NO5/c1-3-14-11-20-12-17(19(23)24-2)16(14)10-18(22)25-9-8-13-4-6-15(21)7-5-13/h4-7,11-12,21H,3,8-10H2,1-2H3. The van der Waals surface area contributed by atoms with Gasteiger partial charge in [-0.3, -0.25) is 9.78 Å². The quantitative estimate of drug-likeness (QED) is 0.777. The summed E-state index contributed by atoms with van der Waals surface area (Å²) in [6.07, 6.45) is 4.24. The minimum absolute atomic E-state index is 0.00823. The highest BCUT2D eigenvalue weighted by atomic mass is 16.5. The van der Waals surface area contributed by atoms with Crippen molar-refractivity contribution in [2.24, 2.45) is 0 Å². The third-order valence-corrected chi connectivity index (χ3v) is 3.84. The largest absolute Gasteiger partial charge is 0.508 e. The molecule has 0 saturated carbocycles. The van der Waals surface area contributed by atoms with Crippen molar-refractivity contribution in [3.8, 4) is 5.75 Å². The topological polar surface area (TPSA) is 85.7 Å². The Morgan fingerprint density at radius 3 is 2.52 bits per heavy atom. The zero-order valence-corrected chi connectivity index (χ0v) is 14.3. The van der Waals surface area contributed by atoms with Crippen LogP contribution in [0.15, 0.2) is 36.7 Å². The molecule has 0 aliphatic rings. The van der Waals surface area contributed by atoms with Crippen LogP contribution in [0.5, 0.6) is 5.75 Å². The number of rotatable bonds is 7. The number of carbonyl (C=O) groups excluding carboxylic acids is 2. The van der Waals surface area contributed by atoms with E-state index in [9.17, 15) is 14.7 Å². The minimum Gasteiger partial charge on any atom is -0.508 e. The van der Waals surface area contributed by atoms with Gasteiger partial charge in [-0.05, 0) is 35.2 Å². The fraction of sp³-hybridized carbons (Fsp3) is 0.316. The van der Waals surface area contributed by atoms with E-state index >= 15 is 0 Å². The first-order valence-electron chi connectivity index (χ1n) is 8.02. The molecule has 1 aromatic heterocycles. The number of ether oxygens (including phenoxy) is 2. The number of esters is 2. The van der Waals surface area contributed by atoms with Crippen LogP contribution in [0.3, 0.4) is 0 Å². The molecule has 0 saturated heterocycles. The zero-order valence-electron chi connectivity index (χ0n) is 14.3. The van der Waals surface area contributed by atoms with Crippen molar-refractivity contribution < 1.29 is 24.2 Å². The van der Waals surface area contributed by atoms with E-state index in [1.54, 1.807) is 30.5 Å². The number of nitrogens with zero attached hydrogens (tertiary/aromatic N) is 1. The number of phenols is 1. The van der Waals surface area contributed by atoms with Crippen molar-refractivity contribution in [1.82, 2.24) is 4.98 Å². The van der Waals surface area contributed by atoms with E-state index in [0.29, 0.717) is 18.4 Å². The molecule has 1 N–H and O–H groups in total. The number of pyridine rings is 1. The van der Waals surface area contributed by atoms with Crippen LogP contribution < -0.4 is 0 Å². The predicted octanol–water partition coefficient (Wildman–Crippen LogP) is 2.46. The monoisotopic (exact) mass is 343 g/mol. The Balaban J connectivity index is 2.00. The second-order valence-electron chi connectivity index (χ2n) is 5.48. The molecule has 0 unspecified atom stereocenters. The first-order chi connectivity index (χ1) is 12.0. The molecule has 6 nitrogen and oxygen atoms in total. The lowest BCUT2D eigenvalue weighted by Gasteiger charge is -2.12. The van der Waals surface area contributed by atoms with Crippen molar-refractivity contribution in [2.75, 3.05) is 13.7 Å². The molecule has 0 aliphatic carbocycles. The third-order valence-electron chi connectivity index (χ3n) is 3.84. The van der Waals surface area contributed by atoms with Gasteiger partial charge in [-0.25, -0.2) is 4.79 Å². The number of benzene rings is 1. The Morgan fingerprint density at radius 1 is 1.16 bits per heavy atom. The van der Waals surface area contributed by atoms with Gasteiger partial charge >= 0.3 is 11.9 Å². The Morgan fingerprint density at radius 2 is 1.88 bits per heavy atom. The van der Waals surface area contributed by atoms with Crippen molar-refractivity contribution in [1.29, 1.82) is 0 Å². The van der Waals surface area contributed by atoms with Crippen LogP contribution in [0, 0.1) is 0 Å². The van der Waals surface area contributed by atoms with Crippen molar-refractivity contribution in [3.05, 3.63) is 58.9 Å². The van der Waals surface area contributed by atoms with Crippen LogP contribution >= 0.6 is 0 Å². The van der Waals surface area contributed by atoms with Gasteiger partial charge in [0.05, 0.1) is 25.7 Å². The first-order valence-corrected chi connectivity index (χ1v) is 8.02. The molecule has 132 valence electrons. The van der Waals surface area contributed by atoms with E-state index in [4.69, 9.17) is 9.47 Å². The van der Waals surface area contributed by atoms with Crippen LogP contribution in [-0.4, -0.2) is 35.7 Å². The van der Waals surface area contributed by atoms with Gasteiger partial charge in [0.25, 0.3) is 0 Å². The maximum Gasteiger partial charge on any atom is 0.339 e. The Kier molecular flexibility index (Phi) is 6.51. The zero-order chi connectivity index (χ0) is 18.2. The summed E-state index contributed by atoms with van der Waals surface area (Å²) >= 11 is 0. The summed E-state index contributed by atoms with van der Waals surface area (Å²) in [4.78, 5) is 28.1. The van der Waals surface area contributed by atoms with Gasteiger partial charge in [0, 0.05) is 18.8 Å². The molecule has 1 aromatic carbocycles. The molecule has 0 aliphatic heterocycles. The summed E-state index contributed by atoms with van der Waals surface area (Å²) in [5, 5.41) is 9.25. The molecular weight excluding hydrogens is 322 g/mol. The van der Waals surface area contributed by atoms with Crippen LogP contribution in [0.2, 0.25) is 0 Å². The van der Waals surface area contributed by atoms with Crippen molar-refractivity contribution in [2.45, 2.75) is 26.2 Å². The molecule has 2 rings (SSSR count). The van der Waals surface area contributed by atoms with Gasteiger partial charge in [-0.1, -0.05) is 19.1 Å². The maximum absolute atomic E-state index is 12.2. The minimum atomic E-state index is -0.519. The fourth-order valence-corrected chi connectivity index (χ4v) is 2.47. The van der Waals surface area contributed by atoms with E-state index in [-0.39, 0.29) is 24.3 Å². The lowest BCUT2D eigenvalue weighted by molar-refractivity contribution is -0.142. The molecule has 1 heterocycles. The summed E-state index contributed by atoms with van der Waals surface area (Å²) in [7, 11) is 1.29. The molecule has 0 spiro atoms. The highest BCUT2D eigenvalue weighted by molar-refractivity contribution is 5.92. The predicted molar refractivity (Wildman–Crippen MR) is 91.4 cm³/mol. The summed E-state index contributed by atoms with van der Waals surface area (Å²) in [5.74, 6) is -0.736. The summed E-state index contributed by atoms with van der Waals surface area (Å²) in [6, 6.07) is 6.72. The fourth-order valence-electron chi connectivity index (χ4n) is 2.47. The van der Waals surface area contributed by atoms with E-state index in [1.807, 2.05) is 6.92 Å². The van der Waals surface area contributed by atoms with Gasteiger partial charge < -0.3 is 14.6 Å². The van der Waals surface area contributed by atoms with Gasteiger partial charge in [0.2, 0.25) is 0 Å². The summed E-state index contributed by atoms with van der Waals surface area (Å²) in [6.45, 7) is 2.15. The first kappa shape index (κ1) is 18.4. The second-order valence-corrected chi connectivity index (χ2v) is 5.48. The van der Waals surface area contributed by atoms with Crippen LogP contribution in [0.4, 0.5) is 0 Å². The maximum atomic E-state index is 12.2. The highest BCUT2D eigenvalue weighted by Crippen LogP contribution is 2.17. The van der Waals surface area contributed by atoms with E-state index < -0.39 is 11.9 Å². The average molecular weight is 343 g/mol. The van der Waals surface area contributed by atoms with Gasteiger partial charge in [0.15, 0.2) is 0 Å². The Bertz CT molecular complexity index is 740. The molecule has 2 aromatic rings. The average Bonchev–Trinajstić information content (AvgIpc) is 2.63. The van der Waals surface area contributed by atoms with Gasteiger partial charge in [0.1, 0.15) is 5.75 Å². The van der Waals surface area contributed by atoms with E-state index in [2.05, 4.69) is 4.98 Å². The lowest BCUT2D eigenvalue weighted by Crippen LogP contribution is -2.16. The van der Waals surface area contributed by atoms with E-state index in [1.165, 1.54) is 13.3 Å². The van der Waals surface area contributed by atoms with Crippen molar-refractivity contribution >= 4 is 11.9 Å². The van der Waals surface area contributed by atoms with Gasteiger partial charge in [-0.2, -0.15) is 0 Å². The van der Waals surface area contributed by atoms with Crippen LogP contribution in [0.25, 0.3) is 0 Å². The van der Waals surface area contributed by atoms with Crippen LogP contribution in [0.1, 0.15) is 34.0 Å². The lowest BCUT2D eigenvalue weighted by atomic mass is 9.99. The summed E-state index contributed by atoms with van der Waals surface area (Å²) < 4.78 is 10.0. The molecule has 0 fully saturated rings. The molecule has 0 amide bonds.